The Morgan fingerprint density at radius 3 is 2.67 bits per heavy atom. The van der Waals surface area contributed by atoms with Crippen LogP contribution >= 0.6 is 11.8 Å². The number of urea groups is 1. The first-order chi connectivity index (χ1) is 11.2. The first kappa shape index (κ1) is 17.1. The summed E-state index contributed by atoms with van der Waals surface area (Å²) in [6.07, 6.45) is -6.03. The van der Waals surface area contributed by atoms with E-state index >= 15 is 0 Å². The molecule has 0 aromatic heterocycles. The summed E-state index contributed by atoms with van der Waals surface area (Å²) < 4.78 is 38.7. The van der Waals surface area contributed by atoms with Gasteiger partial charge < -0.3 is 10.2 Å². The van der Waals surface area contributed by atoms with Crippen molar-refractivity contribution in [1.82, 2.24) is 4.90 Å². The van der Waals surface area contributed by atoms with Gasteiger partial charge in [0.15, 0.2) is 6.23 Å². The highest BCUT2D eigenvalue weighted by Gasteiger charge is 2.44. The van der Waals surface area contributed by atoms with Gasteiger partial charge in [-0.15, -0.1) is 11.8 Å². The lowest BCUT2D eigenvalue weighted by atomic mass is 10.0. The van der Waals surface area contributed by atoms with Crippen molar-refractivity contribution in [3.05, 3.63) is 35.5 Å². The van der Waals surface area contributed by atoms with Gasteiger partial charge in [-0.3, -0.25) is 9.80 Å². The van der Waals surface area contributed by atoms with Gasteiger partial charge in [0.25, 0.3) is 0 Å². The lowest BCUT2D eigenvalue weighted by Gasteiger charge is -2.37. The van der Waals surface area contributed by atoms with Crippen molar-refractivity contribution in [2.24, 2.45) is 0 Å². The predicted octanol–water partition coefficient (Wildman–Crippen LogP) is 2.85. The van der Waals surface area contributed by atoms with Gasteiger partial charge in [0.1, 0.15) is 5.70 Å². The van der Waals surface area contributed by atoms with Crippen molar-refractivity contribution in [3.63, 3.8) is 0 Å². The summed E-state index contributed by atoms with van der Waals surface area (Å²) in [5.41, 5.74) is -0.362. The fourth-order valence-electron chi connectivity index (χ4n) is 2.77. The van der Waals surface area contributed by atoms with E-state index in [2.05, 4.69) is 0 Å². The summed E-state index contributed by atoms with van der Waals surface area (Å²) in [5.74, 6) is 0.763. The number of aliphatic hydroxyl groups is 2. The maximum Gasteiger partial charge on any atom is 0.431 e. The van der Waals surface area contributed by atoms with Gasteiger partial charge in [0.2, 0.25) is 0 Å². The third-order valence-corrected chi connectivity index (χ3v) is 5.12. The maximum absolute atomic E-state index is 12.9. The Morgan fingerprint density at radius 1 is 1.29 bits per heavy atom. The molecule has 0 radical (unpaired) electrons. The molecule has 9 heteroatoms. The third kappa shape index (κ3) is 2.87. The molecule has 2 aliphatic rings. The van der Waals surface area contributed by atoms with Crippen molar-refractivity contribution in [2.45, 2.75) is 29.8 Å². The minimum atomic E-state index is -4.74. The zero-order valence-electron chi connectivity index (χ0n) is 12.6. The number of amides is 2. The molecule has 0 aliphatic carbocycles. The first-order valence-corrected chi connectivity index (χ1v) is 8.17. The fraction of sp³-hybridized carbons (Fsp3) is 0.400. The van der Waals surface area contributed by atoms with Crippen molar-refractivity contribution in [3.8, 4) is 0 Å². The first-order valence-electron chi connectivity index (χ1n) is 7.19. The number of benzene rings is 1. The van der Waals surface area contributed by atoms with Gasteiger partial charge in [0.05, 0.1) is 6.10 Å². The lowest BCUT2D eigenvalue weighted by Crippen LogP contribution is -2.52. The Kier molecular flexibility index (Phi) is 4.27. The molecule has 2 atom stereocenters. The molecule has 130 valence electrons. The van der Waals surface area contributed by atoms with Gasteiger partial charge in [-0.1, -0.05) is 0 Å². The second-order valence-electron chi connectivity index (χ2n) is 5.55. The average Bonchev–Trinajstić information content (AvgIpc) is 2.50. The van der Waals surface area contributed by atoms with E-state index < -0.39 is 30.2 Å². The van der Waals surface area contributed by atoms with Crippen molar-refractivity contribution in [2.75, 3.05) is 17.7 Å². The van der Waals surface area contributed by atoms with Crippen molar-refractivity contribution < 1.29 is 28.2 Å². The van der Waals surface area contributed by atoms with Crippen LogP contribution < -0.4 is 4.90 Å². The van der Waals surface area contributed by atoms with Gasteiger partial charge >= 0.3 is 12.2 Å². The molecule has 2 aliphatic heterocycles. The molecule has 5 nitrogen and oxygen atoms in total. The number of alkyl halides is 3. The van der Waals surface area contributed by atoms with Crippen molar-refractivity contribution >= 4 is 23.5 Å². The molecule has 24 heavy (non-hydrogen) atoms. The number of carbonyl (C=O) groups excluding carboxylic acids is 1. The SMILES string of the molecule is CN1C(=O)N(c2ccc3c(c2)C(O)CCS3)C(O)C=C1C(F)(F)F. The van der Waals surface area contributed by atoms with Gasteiger partial charge in [-0.2, -0.15) is 13.2 Å². The van der Waals surface area contributed by atoms with E-state index in [0.717, 1.165) is 22.6 Å². The fourth-order valence-corrected chi connectivity index (χ4v) is 3.85. The van der Waals surface area contributed by atoms with Gasteiger partial charge in [-0.05, 0) is 36.3 Å². The highest BCUT2D eigenvalue weighted by Crippen LogP contribution is 2.40. The van der Waals surface area contributed by atoms with Gasteiger partial charge in [0, 0.05) is 23.4 Å². The molecule has 1 aromatic carbocycles. The molecule has 3 rings (SSSR count). The predicted molar refractivity (Wildman–Crippen MR) is 82.5 cm³/mol. The number of thioether (sulfide) groups is 1. The highest BCUT2D eigenvalue weighted by atomic mass is 32.2. The van der Waals surface area contributed by atoms with Crippen LogP contribution in [0.25, 0.3) is 0 Å². The molecule has 1 aromatic rings. The molecular weight excluding hydrogens is 345 g/mol. The molecule has 2 heterocycles. The number of nitrogens with zero attached hydrogens (tertiary/aromatic N) is 2. The summed E-state index contributed by atoms with van der Waals surface area (Å²) in [6, 6.07) is 3.79. The van der Waals surface area contributed by atoms with Crippen LogP contribution in [0.4, 0.5) is 23.7 Å². The van der Waals surface area contributed by atoms with E-state index in [0.29, 0.717) is 23.0 Å². The minimum absolute atomic E-state index is 0.233. The maximum atomic E-state index is 12.9. The summed E-state index contributed by atoms with van der Waals surface area (Å²) in [4.78, 5) is 14.5. The van der Waals surface area contributed by atoms with Crippen LogP contribution in [0, 0.1) is 0 Å². The summed E-state index contributed by atoms with van der Waals surface area (Å²) >= 11 is 1.56. The second kappa shape index (κ2) is 5.98. The minimum Gasteiger partial charge on any atom is -0.388 e. The number of carbonyl (C=O) groups is 1. The molecule has 2 amide bonds. The smallest absolute Gasteiger partial charge is 0.388 e. The largest absolute Gasteiger partial charge is 0.431 e. The Balaban J connectivity index is 2.00. The molecule has 2 unspecified atom stereocenters. The van der Waals surface area contributed by atoms with E-state index in [9.17, 15) is 28.2 Å². The van der Waals surface area contributed by atoms with Crippen LogP contribution in [-0.2, 0) is 0 Å². The van der Waals surface area contributed by atoms with Crippen LogP contribution in [0.15, 0.2) is 34.9 Å². The zero-order chi connectivity index (χ0) is 17.6. The van der Waals surface area contributed by atoms with Crippen molar-refractivity contribution in [1.29, 1.82) is 0 Å². The quantitative estimate of drug-likeness (QED) is 0.808. The molecule has 0 saturated heterocycles. The second-order valence-corrected chi connectivity index (χ2v) is 6.69. The normalized spacial score (nSPS) is 24.8. The molecule has 0 spiro atoms. The standard InChI is InChI=1S/C15H15F3N2O3S/c1-19-12(15(16,17)18)7-13(22)20(14(19)23)8-2-3-11-9(6-8)10(21)4-5-24-11/h2-3,6-7,10,13,21-22H,4-5H2,1H3. The number of fused-ring (bicyclic) bond motifs is 1. The van der Waals surface area contributed by atoms with Crippen LogP contribution in [0.2, 0.25) is 0 Å². The molecule has 0 bridgehead atoms. The Hall–Kier alpha value is -1.71. The van der Waals surface area contributed by atoms with E-state index in [-0.39, 0.29) is 5.69 Å². The Bertz CT molecular complexity index is 708. The lowest BCUT2D eigenvalue weighted by molar-refractivity contribution is -0.108. The number of allylic oxidation sites excluding steroid dienone is 1. The van der Waals surface area contributed by atoms with E-state index in [1.165, 1.54) is 6.07 Å². The number of rotatable bonds is 1. The number of aliphatic hydroxyl groups excluding tert-OH is 2. The molecule has 0 saturated carbocycles. The number of hydrogen-bond donors (Lipinski definition) is 2. The Morgan fingerprint density at radius 2 is 2.00 bits per heavy atom. The Labute approximate surface area is 140 Å². The third-order valence-electron chi connectivity index (χ3n) is 4.00. The summed E-state index contributed by atoms with van der Waals surface area (Å²) in [5, 5.41) is 20.1. The molecule has 0 fully saturated rings. The van der Waals surface area contributed by atoms with Crippen LogP contribution in [-0.4, -0.2) is 46.3 Å². The number of anilines is 1. The van der Waals surface area contributed by atoms with E-state index in [4.69, 9.17) is 0 Å². The van der Waals surface area contributed by atoms with Gasteiger partial charge in [-0.25, -0.2) is 4.79 Å². The summed E-state index contributed by atoms with van der Waals surface area (Å²) in [6.45, 7) is 0. The van der Waals surface area contributed by atoms with Crippen LogP contribution in [0.3, 0.4) is 0 Å². The average molecular weight is 360 g/mol. The number of halogens is 3. The van der Waals surface area contributed by atoms with E-state index in [1.54, 1.807) is 23.9 Å². The monoisotopic (exact) mass is 360 g/mol. The highest BCUT2D eigenvalue weighted by molar-refractivity contribution is 7.99. The summed E-state index contributed by atoms with van der Waals surface area (Å²) in [7, 11) is 1.00. The molecule has 2 N–H and O–H groups in total. The van der Waals surface area contributed by atoms with E-state index in [1.807, 2.05) is 0 Å². The van der Waals surface area contributed by atoms with Crippen LogP contribution in [0.1, 0.15) is 18.1 Å². The zero-order valence-corrected chi connectivity index (χ0v) is 13.4. The molecular formula is C15H15F3N2O3S. The number of hydrogen-bond acceptors (Lipinski definition) is 4. The van der Waals surface area contributed by atoms with Crippen LogP contribution in [0.5, 0.6) is 0 Å². The topological polar surface area (TPSA) is 64.0 Å².